The molecule has 0 bridgehead atoms. The molecule has 0 aliphatic heterocycles. The highest BCUT2D eigenvalue weighted by atomic mass is 32.2. The molecule has 1 aromatic carbocycles. The van der Waals surface area contributed by atoms with Crippen LogP contribution in [0.3, 0.4) is 0 Å². The maximum Gasteiger partial charge on any atom is 0.123 e. The quantitative estimate of drug-likeness (QED) is 0.782. The van der Waals surface area contributed by atoms with Crippen LogP contribution in [-0.2, 0) is 5.75 Å². The minimum absolute atomic E-state index is 0.150. The van der Waals surface area contributed by atoms with E-state index in [2.05, 4.69) is 0 Å². The highest BCUT2D eigenvalue weighted by Gasteiger charge is 2.01. The molecule has 1 unspecified atom stereocenters. The lowest BCUT2D eigenvalue weighted by molar-refractivity contribution is 0.626. The van der Waals surface area contributed by atoms with E-state index in [1.807, 2.05) is 31.7 Å². The summed E-state index contributed by atoms with van der Waals surface area (Å²) in [6.45, 7) is 4.02. The molecule has 0 fully saturated rings. The molecule has 0 heterocycles. The molecule has 1 atom stereocenters. The number of thioether (sulfide) groups is 1. The standard InChI is InChI=1S/C12H18FNS/c1-9-3-4-12(13)7-11(9)8-15-6-5-10(2)14/h3-4,7,10H,5-6,8,14H2,1-2H3. The van der Waals surface area contributed by atoms with Gasteiger partial charge >= 0.3 is 0 Å². The van der Waals surface area contributed by atoms with Crippen molar-refractivity contribution in [1.29, 1.82) is 0 Å². The lowest BCUT2D eigenvalue weighted by atomic mass is 10.1. The molecule has 1 aromatic rings. The predicted molar refractivity (Wildman–Crippen MR) is 65.6 cm³/mol. The van der Waals surface area contributed by atoms with E-state index in [1.54, 1.807) is 6.07 Å². The molecule has 1 rings (SSSR count). The second-order valence-electron chi connectivity index (χ2n) is 3.89. The van der Waals surface area contributed by atoms with E-state index < -0.39 is 0 Å². The molecule has 1 nitrogen and oxygen atoms in total. The third-order valence-electron chi connectivity index (χ3n) is 2.29. The second kappa shape index (κ2) is 6.13. The van der Waals surface area contributed by atoms with Crippen molar-refractivity contribution in [3.8, 4) is 0 Å². The lowest BCUT2D eigenvalue weighted by Gasteiger charge is -2.07. The molecule has 0 aromatic heterocycles. The van der Waals surface area contributed by atoms with Crippen LogP contribution < -0.4 is 5.73 Å². The number of aryl methyl sites for hydroxylation is 1. The zero-order valence-electron chi connectivity index (χ0n) is 9.29. The number of hydrogen-bond acceptors (Lipinski definition) is 2. The number of hydrogen-bond donors (Lipinski definition) is 1. The highest BCUT2D eigenvalue weighted by Crippen LogP contribution is 2.18. The summed E-state index contributed by atoms with van der Waals surface area (Å²) in [5.41, 5.74) is 7.90. The predicted octanol–water partition coefficient (Wildman–Crippen LogP) is 3.10. The highest BCUT2D eigenvalue weighted by molar-refractivity contribution is 7.98. The molecule has 0 spiro atoms. The Morgan fingerprint density at radius 1 is 1.47 bits per heavy atom. The number of rotatable bonds is 5. The summed E-state index contributed by atoms with van der Waals surface area (Å²) < 4.78 is 13.0. The fourth-order valence-corrected chi connectivity index (χ4v) is 2.46. The van der Waals surface area contributed by atoms with Gasteiger partial charge in [-0.2, -0.15) is 11.8 Å². The number of nitrogens with two attached hydrogens (primary N) is 1. The van der Waals surface area contributed by atoms with Gasteiger partial charge in [-0.25, -0.2) is 4.39 Å². The Morgan fingerprint density at radius 2 is 2.20 bits per heavy atom. The minimum Gasteiger partial charge on any atom is -0.328 e. The Kier molecular flexibility index (Phi) is 5.12. The monoisotopic (exact) mass is 227 g/mol. The molecule has 0 radical (unpaired) electrons. The topological polar surface area (TPSA) is 26.0 Å². The Balaban J connectivity index is 2.40. The van der Waals surface area contributed by atoms with Gasteiger partial charge in [0.2, 0.25) is 0 Å². The first-order valence-electron chi connectivity index (χ1n) is 5.18. The molecule has 15 heavy (non-hydrogen) atoms. The molecule has 0 saturated carbocycles. The summed E-state index contributed by atoms with van der Waals surface area (Å²) in [7, 11) is 0. The first kappa shape index (κ1) is 12.5. The molecule has 0 saturated heterocycles. The number of benzene rings is 1. The Morgan fingerprint density at radius 3 is 2.87 bits per heavy atom. The van der Waals surface area contributed by atoms with Crippen LogP contribution in [0.15, 0.2) is 18.2 Å². The van der Waals surface area contributed by atoms with Crippen LogP contribution in [0.1, 0.15) is 24.5 Å². The third-order valence-corrected chi connectivity index (χ3v) is 3.33. The van der Waals surface area contributed by atoms with Crippen molar-refractivity contribution in [2.75, 3.05) is 5.75 Å². The maximum absolute atomic E-state index is 13.0. The summed E-state index contributed by atoms with van der Waals surface area (Å²) in [4.78, 5) is 0. The largest absolute Gasteiger partial charge is 0.328 e. The van der Waals surface area contributed by atoms with Crippen LogP contribution >= 0.6 is 11.8 Å². The fourth-order valence-electron chi connectivity index (χ4n) is 1.25. The first-order chi connectivity index (χ1) is 7.09. The first-order valence-corrected chi connectivity index (χ1v) is 6.33. The van der Waals surface area contributed by atoms with Crippen LogP contribution in [0, 0.1) is 12.7 Å². The van der Waals surface area contributed by atoms with E-state index in [0.717, 1.165) is 29.1 Å². The summed E-state index contributed by atoms with van der Waals surface area (Å²) in [5.74, 6) is 1.76. The van der Waals surface area contributed by atoms with Crippen LogP contribution in [0.4, 0.5) is 4.39 Å². The normalized spacial score (nSPS) is 12.8. The SMILES string of the molecule is Cc1ccc(F)cc1CSCCC(C)N. The van der Waals surface area contributed by atoms with Gasteiger partial charge in [0.25, 0.3) is 0 Å². The van der Waals surface area contributed by atoms with E-state index in [-0.39, 0.29) is 11.9 Å². The van der Waals surface area contributed by atoms with Crippen molar-refractivity contribution >= 4 is 11.8 Å². The van der Waals surface area contributed by atoms with E-state index in [1.165, 1.54) is 6.07 Å². The van der Waals surface area contributed by atoms with E-state index in [4.69, 9.17) is 5.73 Å². The van der Waals surface area contributed by atoms with E-state index in [9.17, 15) is 4.39 Å². The van der Waals surface area contributed by atoms with Gasteiger partial charge in [-0.3, -0.25) is 0 Å². The van der Waals surface area contributed by atoms with Gasteiger partial charge in [0.15, 0.2) is 0 Å². The zero-order valence-corrected chi connectivity index (χ0v) is 10.1. The minimum atomic E-state index is -0.150. The average Bonchev–Trinajstić information content (AvgIpc) is 2.17. The Hall–Kier alpha value is -0.540. The summed E-state index contributed by atoms with van der Waals surface area (Å²) in [6, 6.07) is 5.21. The van der Waals surface area contributed by atoms with Gasteiger partial charge in [-0.1, -0.05) is 6.07 Å². The van der Waals surface area contributed by atoms with E-state index >= 15 is 0 Å². The van der Waals surface area contributed by atoms with Gasteiger partial charge in [-0.05, 0) is 49.3 Å². The molecule has 0 aliphatic rings. The molecular weight excluding hydrogens is 209 g/mol. The van der Waals surface area contributed by atoms with Gasteiger partial charge in [0.05, 0.1) is 0 Å². The van der Waals surface area contributed by atoms with Gasteiger partial charge in [0.1, 0.15) is 5.82 Å². The van der Waals surface area contributed by atoms with E-state index in [0.29, 0.717) is 0 Å². The van der Waals surface area contributed by atoms with Crippen molar-refractivity contribution in [1.82, 2.24) is 0 Å². The van der Waals surface area contributed by atoms with Gasteiger partial charge in [-0.15, -0.1) is 0 Å². The Bertz CT molecular complexity index is 312. The Labute approximate surface area is 95.2 Å². The second-order valence-corrected chi connectivity index (χ2v) is 4.99. The summed E-state index contributed by atoms with van der Waals surface area (Å²) in [5, 5.41) is 0. The number of halogens is 1. The van der Waals surface area contributed by atoms with Crippen molar-refractivity contribution in [3.05, 3.63) is 35.1 Å². The van der Waals surface area contributed by atoms with Crippen molar-refractivity contribution in [2.45, 2.75) is 32.1 Å². The average molecular weight is 227 g/mol. The van der Waals surface area contributed by atoms with Crippen molar-refractivity contribution < 1.29 is 4.39 Å². The van der Waals surface area contributed by atoms with Gasteiger partial charge in [0, 0.05) is 11.8 Å². The van der Waals surface area contributed by atoms with Crippen LogP contribution in [-0.4, -0.2) is 11.8 Å². The fraction of sp³-hybridized carbons (Fsp3) is 0.500. The van der Waals surface area contributed by atoms with Crippen LogP contribution in [0.5, 0.6) is 0 Å². The van der Waals surface area contributed by atoms with Crippen LogP contribution in [0.25, 0.3) is 0 Å². The van der Waals surface area contributed by atoms with Crippen LogP contribution in [0.2, 0.25) is 0 Å². The smallest absolute Gasteiger partial charge is 0.123 e. The maximum atomic E-state index is 13.0. The summed E-state index contributed by atoms with van der Waals surface area (Å²) in [6.07, 6.45) is 1.01. The molecule has 84 valence electrons. The third kappa shape index (κ3) is 4.67. The molecule has 3 heteroatoms. The molecule has 0 aliphatic carbocycles. The molecule has 0 amide bonds. The zero-order chi connectivity index (χ0) is 11.3. The van der Waals surface area contributed by atoms with Crippen molar-refractivity contribution in [2.24, 2.45) is 5.73 Å². The summed E-state index contributed by atoms with van der Waals surface area (Å²) >= 11 is 1.81. The molecular formula is C12H18FNS. The lowest BCUT2D eigenvalue weighted by Crippen LogP contribution is -2.15. The molecule has 2 N–H and O–H groups in total. The van der Waals surface area contributed by atoms with Crippen molar-refractivity contribution in [3.63, 3.8) is 0 Å². The van der Waals surface area contributed by atoms with Gasteiger partial charge < -0.3 is 5.73 Å².